The van der Waals surface area contributed by atoms with Gasteiger partial charge in [0, 0.05) is 27.4 Å². The second-order valence-electron chi connectivity index (χ2n) is 5.72. The van der Waals surface area contributed by atoms with Gasteiger partial charge in [-0.2, -0.15) is 0 Å². The third-order valence-electron chi connectivity index (χ3n) is 3.43. The minimum absolute atomic E-state index is 0.592. The van der Waals surface area contributed by atoms with E-state index in [0.29, 0.717) is 79.3 Å². The largest absolute Gasteiger partial charge is 0.382 e. The Morgan fingerprint density at radius 3 is 0.852 bits per heavy atom. The van der Waals surface area contributed by atoms with E-state index in [2.05, 4.69) is 0 Å². The van der Waals surface area contributed by atoms with Gasteiger partial charge in [-0.3, -0.25) is 0 Å². The Morgan fingerprint density at radius 1 is 0.296 bits per heavy atom. The van der Waals surface area contributed by atoms with Crippen molar-refractivity contribution >= 4 is 0 Å². The molecule has 8 nitrogen and oxygen atoms in total. The molecule has 0 aromatic rings. The van der Waals surface area contributed by atoms with Crippen molar-refractivity contribution in [3.63, 3.8) is 0 Å². The van der Waals surface area contributed by atoms with Crippen LogP contribution in [0.25, 0.3) is 0 Å². The number of hydrogen-bond acceptors (Lipinski definition) is 8. The number of ether oxygens (including phenoxy) is 8. The van der Waals surface area contributed by atoms with Crippen molar-refractivity contribution in [2.24, 2.45) is 0 Å². The average Bonchev–Trinajstić information content (AvgIpc) is 2.68. The third-order valence-corrected chi connectivity index (χ3v) is 3.43. The molecule has 0 aliphatic carbocycles. The van der Waals surface area contributed by atoms with Gasteiger partial charge in [-0.1, -0.05) is 0 Å². The summed E-state index contributed by atoms with van der Waals surface area (Å²) in [6.45, 7) is 8.82. The lowest BCUT2D eigenvalue weighted by atomic mass is 10.2. The van der Waals surface area contributed by atoms with Gasteiger partial charge < -0.3 is 37.9 Å². The predicted molar refractivity (Wildman–Crippen MR) is 103 cm³/mol. The molecule has 0 saturated heterocycles. The van der Waals surface area contributed by atoms with E-state index in [9.17, 15) is 0 Å². The molecule has 0 aromatic carbocycles. The Hall–Kier alpha value is -0.320. The zero-order chi connectivity index (χ0) is 19.7. The molecule has 0 bridgehead atoms. The Morgan fingerprint density at radius 2 is 0.556 bits per heavy atom. The van der Waals surface area contributed by atoms with Gasteiger partial charge in [0.1, 0.15) is 0 Å². The molecule has 0 radical (unpaired) electrons. The Labute approximate surface area is 164 Å². The summed E-state index contributed by atoms with van der Waals surface area (Å²) in [6.07, 6.45) is 3.18. The maximum atomic E-state index is 5.52. The number of rotatable bonds is 24. The summed E-state index contributed by atoms with van der Waals surface area (Å²) in [5.74, 6) is 0. The maximum absolute atomic E-state index is 5.52. The van der Waals surface area contributed by atoms with E-state index < -0.39 is 0 Å². The molecule has 0 amide bonds. The molecule has 0 aliphatic rings. The molecule has 0 fully saturated rings. The molecule has 164 valence electrons. The monoisotopic (exact) mass is 396 g/mol. The first-order valence-corrected chi connectivity index (χ1v) is 9.86. The van der Waals surface area contributed by atoms with Crippen molar-refractivity contribution in [3.8, 4) is 0 Å². The van der Waals surface area contributed by atoms with Crippen molar-refractivity contribution in [2.75, 3.05) is 107 Å². The summed E-state index contributed by atoms with van der Waals surface area (Å²) >= 11 is 0. The van der Waals surface area contributed by atoms with Crippen LogP contribution < -0.4 is 0 Å². The van der Waals surface area contributed by atoms with Gasteiger partial charge in [0.2, 0.25) is 0 Å². The lowest BCUT2D eigenvalue weighted by molar-refractivity contribution is 0.000957. The van der Waals surface area contributed by atoms with Crippen LogP contribution in [0.3, 0.4) is 0 Å². The third kappa shape index (κ3) is 25.7. The predicted octanol–water partition coefficient (Wildman–Crippen LogP) is 1.55. The zero-order valence-corrected chi connectivity index (χ0v) is 17.3. The summed E-state index contributed by atoms with van der Waals surface area (Å²) in [4.78, 5) is 0. The van der Waals surface area contributed by atoms with Crippen molar-refractivity contribution in [3.05, 3.63) is 0 Å². The smallest absolute Gasteiger partial charge is 0.0701 e. The molecular weight excluding hydrogens is 356 g/mol. The fraction of sp³-hybridized carbons (Fsp3) is 1.00. The van der Waals surface area contributed by atoms with Crippen LogP contribution in [0, 0.1) is 0 Å². The quantitative estimate of drug-likeness (QED) is 0.228. The molecule has 0 aliphatic heterocycles. The molecule has 0 heterocycles. The van der Waals surface area contributed by atoms with Crippen molar-refractivity contribution in [1.29, 1.82) is 0 Å². The first-order chi connectivity index (χ1) is 13.4. The minimum Gasteiger partial charge on any atom is -0.382 e. The van der Waals surface area contributed by atoms with Crippen LogP contribution in [-0.2, 0) is 37.9 Å². The van der Waals surface area contributed by atoms with E-state index in [1.807, 2.05) is 0 Å². The molecule has 8 heteroatoms. The van der Waals surface area contributed by atoms with Crippen LogP contribution in [0.2, 0.25) is 0 Å². The second-order valence-corrected chi connectivity index (χ2v) is 5.72. The maximum Gasteiger partial charge on any atom is 0.0701 e. The fourth-order valence-electron chi connectivity index (χ4n) is 1.95. The zero-order valence-electron chi connectivity index (χ0n) is 17.3. The highest BCUT2D eigenvalue weighted by atomic mass is 16.6. The molecular formula is C19H40O8. The van der Waals surface area contributed by atoms with Gasteiger partial charge >= 0.3 is 0 Å². The van der Waals surface area contributed by atoms with Gasteiger partial charge in [-0.25, -0.2) is 0 Å². The first-order valence-electron chi connectivity index (χ1n) is 9.86. The van der Waals surface area contributed by atoms with Crippen LogP contribution >= 0.6 is 0 Å². The summed E-state index contributed by atoms with van der Waals surface area (Å²) in [5, 5.41) is 0. The number of hydrogen-bond donors (Lipinski definition) is 0. The van der Waals surface area contributed by atoms with E-state index in [4.69, 9.17) is 37.9 Å². The summed E-state index contributed by atoms with van der Waals surface area (Å²) in [6, 6.07) is 0. The molecule has 0 spiro atoms. The first kappa shape index (κ1) is 26.7. The van der Waals surface area contributed by atoms with Gasteiger partial charge in [0.15, 0.2) is 0 Å². The van der Waals surface area contributed by atoms with Gasteiger partial charge in [0.25, 0.3) is 0 Å². The molecule has 0 N–H and O–H groups in total. The fourth-order valence-corrected chi connectivity index (χ4v) is 1.95. The highest BCUT2D eigenvalue weighted by Gasteiger charge is 1.95. The topological polar surface area (TPSA) is 73.8 Å². The summed E-state index contributed by atoms with van der Waals surface area (Å²) in [7, 11) is 3.31. The van der Waals surface area contributed by atoms with E-state index in [-0.39, 0.29) is 0 Å². The van der Waals surface area contributed by atoms with Crippen LogP contribution in [0.4, 0.5) is 0 Å². The lowest BCUT2D eigenvalue weighted by Gasteiger charge is -2.07. The SMILES string of the molecule is COCCOCCOCCOCCCCCOCCOCCOCCOC. The minimum atomic E-state index is 0.592. The van der Waals surface area contributed by atoms with Gasteiger partial charge in [-0.05, 0) is 19.3 Å². The van der Waals surface area contributed by atoms with Crippen LogP contribution in [0.5, 0.6) is 0 Å². The molecule has 0 saturated carbocycles. The van der Waals surface area contributed by atoms with Gasteiger partial charge in [-0.15, -0.1) is 0 Å². The molecule has 27 heavy (non-hydrogen) atoms. The van der Waals surface area contributed by atoms with Crippen LogP contribution in [0.15, 0.2) is 0 Å². The average molecular weight is 397 g/mol. The molecule has 0 aromatic heterocycles. The summed E-state index contributed by atoms with van der Waals surface area (Å²) in [5.41, 5.74) is 0. The Kier molecular flexibility index (Phi) is 25.4. The van der Waals surface area contributed by atoms with Crippen LogP contribution in [-0.4, -0.2) is 107 Å². The van der Waals surface area contributed by atoms with Crippen molar-refractivity contribution in [2.45, 2.75) is 19.3 Å². The van der Waals surface area contributed by atoms with Gasteiger partial charge in [0.05, 0.1) is 79.3 Å². The molecule has 0 atom stereocenters. The summed E-state index contributed by atoms with van der Waals surface area (Å²) < 4.78 is 42.2. The second kappa shape index (κ2) is 25.7. The molecule has 0 unspecified atom stereocenters. The highest BCUT2D eigenvalue weighted by Crippen LogP contribution is 1.97. The molecule has 0 rings (SSSR count). The van der Waals surface area contributed by atoms with E-state index in [1.54, 1.807) is 14.2 Å². The van der Waals surface area contributed by atoms with E-state index in [0.717, 1.165) is 32.5 Å². The lowest BCUT2D eigenvalue weighted by Crippen LogP contribution is -2.12. The highest BCUT2D eigenvalue weighted by molar-refractivity contribution is 4.42. The number of methoxy groups -OCH3 is 2. The van der Waals surface area contributed by atoms with Crippen molar-refractivity contribution < 1.29 is 37.9 Å². The van der Waals surface area contributed by atoms with Crippen LogP contribution in [0.1, 0.15) is 19.3 Å². The van der Waals surface area contributed by atoms with Crippen molar-refractivity contribution in [1.82, 2.24) is 0 Å². The Bertz CT molecular complexity index is 232. The standard InChI is InChI=1S/C19H40O8/c1-20-8-10-24-16-18-26-14-12-22-6-4-3-5-7-23-13-15-27-19-17-25-11-9-21-2/h3-19H2,1-2H3. The normalized spacial score (nSPS) is 11.3. The number of unbranched alkanes of at least 4 members (excludes halogenated alkanes) is 2. The van der Waals surface area contributed by atoms with E-state index >= 15 is 0 Å². The van der Waals surface area contributed by atoms with E-state index in [1.165, 1.54) is 0 Å². The Balaban J connectivity index is 2.95.